The van der Waals surface area contributed by atoms with Crippen molar-refractivity contribution in [3.8, 4) is 0 Å². The molecule has 0 radical (unpaired) electrons. The van der Waals surface area contributed by atoms with E-state index in [2.05, 4.69) is 83.1 Å². The van der Waals surface area contributed by atoms with Gasteiger partial charge in [-0.05, 0) is 109 Å². The Bertz CT molecular complexity index is 2110. The van der Waals surface area contributed by atoms with Gasteiger partial charge in [-0.1, -0.05) is 118 Å². The van der Waals surface area contributed by atoms with Crippen LogP contribution in [0.5, 0.6) is 0 Å². The van der Waals surface area contributed by atoms with Gasteiger partial charge in [0, 0.05) is 33.4 Å². The molecule has 0 saturated carbocycles. The molecule has 0 N–H and O–H groups in total. The molecule has 1 heterocycles. The molecule has 0 saturated heterocycles. The summed E-state index contributed by atoms with van der Waals surface area (Å²) in [6.07, 6.45) is 7.80. The van der Waals surface area contributed by atoms with Crippen LogP contribution in [0.4, 0.5) is 11.4 Å². The molecular formula is C50H59N5O2. The van der Waals surface area contributed by atoms with E-state index in [4.69, 9.17) is 25.4 Å². The normalized spacial score (nSPS) is 15.9. The van der Waals surface area contributed by atoms with E-state index in [1.807, 2.05) is 106 Å². The first-order valence-electron chi connectivity index (χ1n) is 19.8. The number of aromatic nitrogens is 1. The summed E-state index contributed by atoms with van der Waals surface area (Å²) >= 11 is 0. The number of hydrogen-bond acceptors (Lipinski definition) is 7. The van der Waals surface area contributed by atoms with Crippen LogP contribution in [-0.4, -0.2) is 16.6 Å². The largest absolute Gasteiger partial charge is 0.289 e. The molecule has 2 aromatic carbocycles. The summed E-state index contributed by atoms with van der Waals surface area (Å²) in [5, 5.41) is 19.3. The van der Waals surface area contributed by atoms with E-state index in [9.17, 15) is 9.59 Å². The first-order valence-corrected chi connectivity index (χ1v) is 19.8. The SMILES string of the molecule is Cc1ccc(N=NC(=C2C=C(C(C)(C)C)C(=O)C(C(C)(C)C)=C2)c2cc(C)cc(C(N=Nc3ccc(C)cc3)=C3C=C(C(C)(C)C)C(=O)C(C(C)(C)C)=C3)n2)cc1. The lowest BCUT2D eigenvalue weighted by Gasteiger charge is -2.31. The summed E-state index contributed by atoms with van der Waals surface area (Å²) in [4.78, 5) is 33.4. The van der Waals surface area contributed by atoms with Gasteiger partial charge in [-0.25, -0.2) is 4.98 Å². The van der Waals surface area contributed by atoms with E-state index < -0.39 is 21.7 Å². The van der Waals surface area contributed by atoms with Crippen molar-refractivity contribution in [3.63, 3.8) is 0 Å². The fourth-order valence-corrected chi connectivity index (χ4v) is 6.62. The predicted molar refractivity (Wildman–Crippen MR) is 234 cm³/mol. The van der Waals surface area contributed by atoms with Crippen molar-refractivity contribution in [2.45, 2.75) is 104 Å². The Morgan fingerprint density at radius 2 is 0.719 bits per heavy atom. The molecule has 2 aliphatic carbocycles. The van der Waals surface area contributed by atoms with E-state index >= 15 is 0 Å². The number of rotatable bonds is 6. The number of benzene rings is 2. The second-order valence-electron chi connectivity index (χ2n) is 19.5. The van der Waals surface area contributed by atoms with Crippen molar-refractivity contribution >= 4 is 34.3 Å². The first kappa shape index (κ1) is 42.7. The lowest BCUT2D eigenvalue weighted by atomic mass is 9.71. The topological polar surface area (TPSA) is 96.5 Å². The summed E-state index contributed by atoms with van der Waals surface area (Å²) < 4.78 is 0. The van der Waals surface area contributed by atoms with Gasteiger partial charge in [0.15, 0.2) is 11.6 Å². The van der Waals surface area contributed by atoms with Crippen molar-refractivity contribution in [2.24, 2.45) is 42.1 Å². The van der Waals surface area contributed by atoms with Crippen LogP contribution in [0.1, 0.15) is 111 Å². The van der Waals surface area contributed by atoms with Crippen LogP contribution in [-0.2, 0) is 9.59 Å². The van der Waals surface area contributed by atoms with E-state index in [0.29, 0.717) is 56.4 Å². The Kier molecular flexibility index (Phi) is 11.9. The molecule has 296 valence electrons. The zero-order chi connectivity index (χ0) is 42.2. The van der Waals surface area contributed by atoms with Gasteiger partial charge in [0.05, 0.1) is 22.8 Å². The van der Waals surface area contributed by atoms with Gasteiger partial charge in [-0.3, -0.25) is 9.59 Å². The number of Topliss-reactive ketones (excluding diaryl/α,β-unsaturated/α-hetero) is 2. The third-order valence-electron chi connectivity index (χ3n) is 10.0. The molecule has 7 heteroatoms. The molecule has 0 amide bonds. The van der Waals surface area contributed by atoms with Crippen molar-refractivity contribution < 1.29 is 9.59 Å². The van der Waals surface area contributed by atoms with Crippen LogP contribution < -0.4 is 0 Å². The number of carbonyl (C=O) groups excluding carboxylic acids is 2. The summed E-state index contributed by atoms with van der Waals surface area (Å²) in [6, 6.07) is 19.7. The fraction of sp³-hybridized carbons (Fsp3) is 0.380. The Labute approximate surface area is 340 Å². The highest BCUT2D eigenvalue weighted by Gasteiger charge is 2.36. The van der Waals surface area contributed by atoms with Gasteiger partial charge in [-0.2, -0.15) is 10.2 Å². The van der Waals surface area contributed by atoms with Gasteiger partial charge in [0.2, 0.25) is 0 Å². The highest BCUT2D eigenvalue weighted by Crippen LogP contribution is 2.43. The Hall–Kier alpha value is -5.43. The van der Waals surface area contributed by atoms with Crippen molar-refractivity contribution in [1.82, 2.24) is 4.98 Å². The average Bonchev–Trinajstić information content (AvgIpc) is 3.09. The molecule has 1 aromatic heterocycles. The van der Waals surface area contributed by atoms with E-state index in [-0.39, 0.29) is 11.6 Å². The Morgan fingerprint density at radius 3 is 0.982 bits per heavy atom. The number of ketones is 2. The molecule has 3 aromatic rings. The molecule has 0 unspecified atom stereocenters. The van der Waals surface area contributed by atoms with Gasteiger partial charge < -0.3 is 0 Å². The number of carbonyl (C=O) groups is 2. The van der Waals surface area contributed by atoms with Crippen LogP contribution in [0.2, 0.25) is 0 Å². The molecule has 7 nitrogen and oxygen atoms in total. The highest BCUT2D eigenvalue weighted by molar-refractivity contribution is 6.13. The number of allylic oxidation sites excluding steroid dienone is 10. The van der Waals surface area contributed by atoms with Gasteiger partial charge in [0.1, 0.15) is 11.4 Å². The highest BCUT2D eigenvalue weighted by atomic mass is 16.1. The van der Waals surface area contributed by atoms with E-state index in [0.717, 1.165) is 27.8 Å². The fourth-order valence-electron chi connectivity index (χ4n) is 6.62. The van der Waals surface area contributed by atoms with E-state index in [1.54, 1.807) is 0 Å². The number of aryl methyl sites for hydroxylation is 3. The lowest BCUT2D eigenvalue weighted by Crippen LogP contribution is -2.28. The quantitative estimate of drug-likeness (QED) is 0.234. The summed E-state index contributed by atoms with van der Waals surface area (Å²) in [7, 11) is 0. The number of pyridine rings is 1. The van der Waals surface area contributed by atoms with Crippen LogP contribution in [0.25, 0.3) is 11.4 Å². The Morgan fingerprint density at radius 1 is 0.439 bits per heavy atom. The van der Waals surface area contributed by atoms with Crippen LogP contribution in [0.3, 0.4) is 0 Å². The molecule has 0 aliphatic heterocycles. The molecule has 57 heavy (non-hydrogen) atoms. The third-order valence-corrected chi connectivity index (χ3v) is 10.0. The maximum absolute atomic E-state index is 14.0. The number of nitrogens with zero attached hydrogens (tertiary/aromatic N) is 5. The molecule has 0 spiro atoms. The molecule has 5 rings (SSSR count). The standard InChI is InChI=1S/C50H59N5O2/c1-30-16-20-35(21-17-30)52-54-43(33-26-37(47(4,5)6)45(56)38(27-33)48(7,8)9)41-24-32(3)25-42(51-41)44(55-53-36-22-18-31(2)19-23-36)34-28-39(49(10,11)12)46(57)40(29-34)50(13,14)15/h16-29H,1-15H3. The predicted octanol–water partition coefficient (Wildman–Crippen LogP) is 14.1. The van der Waals surface area contributed by atoms with Crippen molar-refractivity contribution in [1.29, 1.82) is 0 Å². The van der Waals surface area contributed by atoms with Crippen molar-refractivity contribution in [3.05, 3.63) is 146 Å². The maximum atomic E-state index is 14.0. The monoisotopic (exact) mass is 761 g/mol. The summed E-state index contributed by atoms with van der Waals surface area (Å²) in [5.41, 5.74) is 9.26. The van der Waals surface area contributed by atoms with Gasteiger partial charge in [-0.15, -0.1) is 10.2 Å². The van der Waals surface area contributed by atoms with Crippen LogP contribution in [0, 0.1) is 42.4 Å². The zero-order valence-corrected chi connectivity index (χ0v) is 36.6. The van der Waals surface area contributed by atoms with Crippen LogP contribution >= 0.6 is 0 Å². The second kappa shape index (κ2) is 15.8. The molecular weight excluding hydrogens is 703 g/mol. The first-order chi connectivity index (χ1) is 26.3. The van der Waals surface area contributed by atoms with Crippen molar-refractivity contribution in [2.75, 3.05) is 0 Å². The smallest absolute Gasteiger partial charge is 0.186 e. The average molecular weight is 762 g/mol. The van der Waals surface area contributed by atoms with Gasteiger partial charge in [0.25, 0.3) is 0 Å². The molecule has 2 aliphatic rings. The third kappa shape index (κ3) is 10.1. The summed E-state index contributed by atoms with van der Waals surface area (Å²) in [5.74, 6) is 0.0643. The molecule has 0 fully saturated rings. The van der Waals surface area contributed by atoms with Gasteiger partial charge >= 0.3 is 0 Å². The number of hydrogen-bond donors (Lipinski definition) is 0. The summed E-state index contributed by atoms with van der Waals surface area (Å²) in [6.45, 7) is 30.8. The number of azo groups is 2. The molecule has 0 atom stereocenters. The minimum Gasteiger partial charge on any atom is -0.289 e. The lowest BCUT2D eigenvalue weighted by molar-refractivity contribution is -0.114. The minimum absolute atomic E-state index is 0.0322. The Balaban J connectivity index is 1.89. The maximum Gasteiger partial charge on any atom is 0.186 e. The second-order valence-corrected chi connectivity index (χ2v) is 19.5. The molecule has 0 bridgehead atoms. The minimum atomic E-state index is -0.432. The van der Waals surface area contributed by atoms with Crippen LogP contribution in [0.15, 0.2) is 139 Å². The zero-order valence-electron chi connectivity index (χ0n) is 36.6. The van der Waals surface area contributed by atoms with E-state index in [1.165, 1.54) is 0 Å².